The van der Waals surface area contributed by atoms with E-state index in [1.807, 2.05) is 50.2 Å². The molecule has 0 atom stereocenters. The maximum absolute atomic E-state index is 13.8. The predicted molar refractivity (Wildman–Crippen MR) is 181 cm³/mol. The highest BCUT2D eigenvalue weighted by Crippen LogP contribution is 2.34. The van der Waals surface area contributed by atoms with Crippen LogP contribution in [-0.4, -0.2) is 29.1 Å². The Morgan fingerprint density at radius 2 is 1.73 bits per heavy atom. The molecule has 1 aromatic heterocycles. The fraction of sp³-hybridized carbons (Fsp3) is 0.344. The van der Waals surface area contributed by atoms with E-state index in [9.17, 15) is 4.79 Å². The van der Waals surface area contributed by atoms with Crippen LogP contribution in [0.5, 0.6) is 11.5 Å². The summed E-state index contributed by atoms with van der Waals surface area (Å²) < 4.78 is 15.5. The number of hydrogen-bond acceptors (Lipinski definition) is 5. The van der Waals surface area contributed by atoms with Crippen molar-refractivity contribution in [3.63, 3.8) is 0 Å². The van der Waals surface area contributed by atoms with Crippen LogP contribution in [0, 0.1) is 19.5 Å². The average molecular weight is 763 g/mol. The Balaban J connectivity index is 1.86. The molecule has 210 valence electrons. The lowest BCUT2D eigenvalue weighted by Crippen LogP contribution is -2.21. The van der Waals surface area contributed by atoms with Gasteiger partial charge in [-0.3, -0.25) is 4.79 Å². The maximum Gasteiger partial charge on any atom is 0.282 e. The molecule has 4 rings (SSSR count). The van der Waals surface area contributed by atoms with Crippen LogP contribution in [0.25, 0.3) is 22.3 Å². The summed E-state index contributed by atoms with van der Waals surface area (Å²) in [7, 11) is 0. The van der Waals surface area contributed by atoms with Crippen molar-refractivity contribution in [1.29, 1.82) is 0 Å². The third-order valence-corrected chi connectivity index (χ3v) is 7.87. The predicted octanol–water partition coefficient (Wildman–Crippen LogP) is 8.41. The lowest BCUT2D eigenvalue weighted by Gasteiger charge is -2.20. The molecule has 0 saturated heterocycles. The normalized spacial score (nSPS) is 12.1. The van der Waals surface area contributed by atoms with Gasteiger partial charge in [0, 0.05) is 5.56 Å². The van der Waals surface area contributed by atoms with E-state index in [2.05, 4.69) is 85.9 Å². The van der Waals surface area contributed by atoms with Crippen LogP contribution >= 0.6 is 45.2 Å². The lowest BCUT2D eigenvalue weighted by molar-refractivity contribution is 0.195. The lowest BCUT2D eigenvalue weighted by atomic mass is 9.96. The number of benzene rings is 3. The molecular formula is C32H35I2N3O3. The van der Waals surface area contributed by atoms with Crippen LogP contribution in [0.15, 0.2) is 58.4 Å². The van der Waals surface area contributed by atoms with Crippen molar-refractivity contribution in [2.75, 3.05) is 13.2 Å². The van der Waals surface area contributed by atoms with E-state index in [-0.39, 0.29) is 16.9 Å². The molecule has 0 N–H and O–H groups in total. The van der Waals surface area contributed by atoms with E-state index in [1.54, 1.807) is 12.3 Å². The van der Waals surface area contributed by atoms with Gasteiger partial charge >= 0.3 is 0 Å². The summed E-state index contributed by atoms with van der Waals surface area (Å²) in [5.74, 6) is 2.45. The molecule has 0 aliphatic carbocycles. The van der Waals surface area contributed by atoms with Crippen LogP contribution in [0.1, 0.15) is 64.2 Å². The first-order valence-corrected chi connectivity index (χ1v) is 15.5. The zero-order valence-corrected chi connectivity index (χ0v) is 28.3. The second-order valence-corrected chi connectivity index (χ2v) is 13.6. The second kappa shape index (κ2) is 12.6. The standard InChI is InChI=1S/C32H35I2N3O3/c1-8-39-28-13-20(4)24(16-23(28)19(2)3)30-36-27-12-10-9-11-22(27)31(38)37(30)35-17-21-14-25(33)29(26(34)15-21)40-18-32(5,6)7/h9-17,19H,8,18H2,1-7H3. The Kier molecular flexibility index (Phi) is 9.59. The Morgan fingerprint density at radius 1 is 1.05 bits per heavy atom. The van der Waals surface area contributed by atoms with Gasteiger partial charge in [-0.15, -0.1) is 0 Å². The van der Waals surface area contributed by atoms with Crippen molar-refractivity contribution in [3.8, 4) is 22.9 Å². The van der Waals surface area contributed by atoms with Gasteiger partial charge in [0.15, 0.2) is 5.82 Å². The Hall–Kier alpha value is -2.47. The highest BCUT2D eigenvalue weighted by atomic mass is 127. The van der Waals surface area contributed by atoms with Crippen LogP contribution in [0.3, 0.4) is 0 Å². The van der Waals surface area contributed by atoms with Crippen molar-refractivity contribution >= 4 is 62.3 Å². The molecule has 1 heterocycles. The van der Waals surface area contributed by atoms with Crippen molar-refractivity contribution in [1.82, 2.24) is 9.66 Å². The van der Waals surface area contributed by atoms with Gasteiger partial charge in [0.2, 0.25) is 0 Å². The van der Waals surface area contributed by atoms with E-state index in [4.69, 9.17) is 19.6 Å². The topological polar surface area (TPSA) is 65.7 Å². The van der Waals surface area contributed by atoms with Gasteiger partial charge < -0.3 is 9.47 Å². The van der Waals surface area contributed by atoms with Crippen LogP contribution in [0.4, 0.5) is 0 Å². The molecule has 0 fully saturated rings. The molecule has 0 bridgehead atoms. The van der Waals surface area contributed by atoms with Gasteiger partial charge in [0.25, 0.3) is 5.56 Å². The molecule has 0 spiro atoms. The number of aromatic nitrogens is 2. The number of nitrogens with zero attached hydrogens (tertiary/aromatic N) is 3. The van der Waals surface area contributed by atoms with Crippen molar-refractivity contribution in [3.05, 3.63) is 82.7 Å². The van der Waals surface area contributed by atoms with Gasteiger partial charge in [0.05, 0.1) is 37.5 Å². The van der Waals surface area contributed by atoms with Gasteiger partial charge in [0.1, 0.15) is 11.5 Å². The molecule has 0 aliphatic rings. The number of fused-ring (bicyclic) bond motifs is 1. The number of ether oxygens (including phenoxy) is 2. The van der Waals surface area contributed by atoms with Crippen LogP contribution in [-0.2, 0) is 0 Å². The van der Waals surface area contributed by atoms with E-state index in [1.165, 1.54) is 4.68 Å². The molecule has 4 aromatic rings. The first-order chi connectivity index (χ1) is 18.9. The van der Waals surface area contributed by atoms with Gasteiger partial charge in [-0.2, -0.15) is 9.78 Å². The summed E-state index contributed by atoms with van der Waals surface area (Å²) in [6.45, 7) is 15.9. The molecular weight excluding hydrogens is 728 g/mol. The number of halogens is 2. The molecule has 0 radical (unpaired) electrons. The van der Waals surface area contributed by atoms with E-state index < -0.39 is 0 Å². The maximum atomic E-state index is 13.8. The fourth-order valence-corrected chi connectivity index (χ4v) is 6.41. The number of para-hydroxylation sites is 1. The first kappa shape index (κ1) is 30.5. The molecule has 0 amide bonds. The molecule has 3 aromatic carbocycles. The quantitative estimate of drug-likeness (QED) is 0.134. The molecule has 0 aliphatic heterocycles. The van der Waals surface area contributed by atoms with E-state index in [0.29, 0.717) is 29.9 Å². The largest absolute Gasteiger partial charge is 0.494 e. The first-order valence-electron chi connectivity index (χ1n) is 13.3. The van der Waals surface area contributed by atoms with Crippen molar-refractivity contribution in [2.24, 2.45) is 10.5 Å². The third-order valence-electron chi connectivity index (χ3n) is 6.27. The zero-order chi connectivity index (χ0) is 29.2. The Bertz CT molecular complexity index is 1610. The van der Waals surface area contributed by atoms with Crippen molar-refractivity contribution < 1.29 is 9.47 Å². The summed E-state index contributed by atoms with van der Waals surface area (Å²) in [6.07, 6.45) is 1.71. The highest BCUT2D eigenvalue weighted by molar-refractivity contribution is 14.1. The summed E-state index contributed by atoms with van der Waals surface area (Å²) in [6, 6.07) is 15.5. The van der Waals surface area contributed by atoms with Crippen molar-refractivity contribution in [2.45, 2.75) is 54.4 Å². The average Bonchev–Trinajstić information content (AvgIpc) is 2.87. The Morgan fingerprint density at radius 3 is 2.35 bits per heavy atom. The monoisotopic (exact) mass is 763 g/mol. The fourth-order valence-electron chi connectivity index (χ4n) is 4.28. The highest BCUT2D eigenvalue weighted by Gasteiger charge is 2.19. The summed E-state index contributed by atoms with van der Waals surface area (Å²) in [4.78, 5) is 18.7. The van der Waals surface area contributed by atoms with E-state index >= 15 is 0 Å². The van der Waals surface area contributed by atoms with Gasteiger partial charge in [-0.25, -0.2) is 4.98 Å². The summed E-state index contributed by atoms with van der Waals surface area (Å²) in [5.41, 5.74) is 4.22. The molecule has 0 unspecified atom stereocenters. The SMILES string of the molecule is CCOc1cc(C)c(-c2nc3ccccc3c(=O)n2N=Cc2cc(I)c(OCC(C)(C)C)c(I)c2)cc1C(C)C. The molecule has 40 heavy (non-hydrogen) atoms. The smallest absolute Gasteiger partial charge is 0.282 e. The minimum absolute atomic E-state index is 0.0569. The summed E-state index contributed by atoms with van der Waals surface area (Å²) >= 11 is 4.58. The van der Waals surface area contributed by atoms with Crippen LogP contribution < -0.4 is 15.0 Å². The van der Waals surface area contributed by atoms with E-state index in [0.717, 1.165) is 40.9 Å². The number of hydrogen-bond donors (Lipinski definition) is 0. The van der Waals surface area contributed by atoms with Crippen LogP contribution in [0.2, 0.25) is 0 Å². The van der Waals surface area contributed by atoms with Gasteiger partial charge in [-0.05, 0) is 123 Å². The number of aryl methyl sites for hydroxylation is 1. The third kappa shape index (κ3) is 6.87. The zero-order valence-electron chi connectivity index (χ0n) is 24.0. The minimum Gasteiger partial charge on any atom is -0.494 e. The molecule has 6 nitrogen and oxygen atoms in total. The second-order valence-electron chi connectivity index (χ2n) is 11.3. The van der Waals surface area contributed by atoms with Gasteiger partial charge in [-0.1, -0.05) is 46.8 Å². The molecule has 0 saturated carbocycles. The number of rotatable bonds is 8. The molecule has 8 heteroatoms. The summed E-state index contributed by atoms with van der Waals surface area (Å²) in [5, 5.41) is 5.23. The minimum atomic E-state index is -0.217. The Labute approximate surface area is 263 Å².